The predicted molar refractivity (Wildman–Crippen MR) is 74.0 cm³/mol. The molecule has 4 nitrogen and oxygen atoms in total. The molecule has 1 unspecified atom stereocenters. The Kier molecular flexibility index (Phi) is 4.52. The molecule has 0 radical (unpaired) electrons. The van der Waals surface area contributed by atoms with Gasteiger partial charge in [0.2, 0.25) is 5.91 Å². The van der Waals surface area contributed by atoms with Crippen LogP contribution in [0, 0.1) is 0 Å². The number of amides is 1. The standard InChI is InChI=1S/C14H15NO3S/c1-10(19-13-6-4-11(16)5-7-13)14(17)15-9-12-3-2-8-18-12/h2-8,10,16H,9H2,1H3,(H,15,17). The number of carbonyl (C=O) groups excluding carboxylic acids is 1. The molecule has 1 heterocycles. The van der Waals surface area contributed by atoms with Crippen LogP contribution in [-0.2, 0) is 11.3 Å². The van der Waals surface area contributed by atoms with E-state index in [4.69, 9.17) is 4.42 Å². The number of phenolic OH excluding ortho intramolecular Hbond substituents is 1. The highest BCUT2D eigenvalue weighted by molar-refractivity contribution is 8.00. The van der Waals surface area contributed by atoms with Crippen LogP contribution in [0.1, 0.15) is 12.7 Å². The lowest BCUT2D eigenvalue weighted by atomic mass is 10.3. The van der Waals surface area contributed by atoms with E-state index >= 15 is 0 Å². The minimum atomic E-state index is -0.209. The molecule has 0 saturated heterocycles. The first-order valence-electron chi connectivity index (χ1n) is 5.91. The van der Waals surface area contributed by atoms with Gasteiger partial charge in [0.25, 0.3) is 0 Å². The number of phenols is 1. The van der Waals surface area contributed by atoms with E-state index in [0.29, 0.717) is 6.54 Å². The van der Waals surface area contributed by atoms with E-state index in [0.717, 1.165) is 10.7 Å². The average Bonchev–Trinajstić information content (AvgIpc) is 2.91. The number of thioether (sulfide) groups is 1. The first kappa shape index (κ1) is 13.5. The van der Waals surface area contributed by atoms with Gasteiger partial charge in [-0.25, -0.2) is 0 Å². The molecular formula is C14H15NO3S. The Morgan fingerprint density at radius 2 is 2.11 bits per heavy atom. The van der Waals surface area contributed by atoms with Gasteiger partial charge in [0, 0.05) is 4.90 Å². The Bertz CT molecular complexity index is 522. The molecule has 2 rings (SSSR count). The lowest BCUT2D eigenvalue weighted by Crippen LogP contribution is -2.30. The molecule has 0 aliphatic heterocycles. The van der Waals surface area contributed by atoms with Gasteiger partial charge >= 0.3 is 0 Å². The summed E-state index contributed by atoms with van der Waals surface area (Å²) in [6.07, 6.45) is 1.58. The molecule has 2 aromatic rings. The third kappa shape index (κ3) is 4.06. The molecule has 1 aromatic carbocycles. The summed E-state index contributed by atoms with van der Waals surface area (Å²) in [5.74, 6) is 0.906. The van der Waals surface area contributed by atoms with E-state index in [2.05, 4.69) is 5.32 Å². The van der Waals surface area contributed by atoms with Crippen LogP contribution in [0.15, 0.2) is 52.0 Å². The SMILES string of the molecule is CC(Sc1ccc(O)cc1)C(=O)NCc1ccco1. The maximum atomic E-state index is 11.9. The van der Waals surface area contributed by atoms with Crippen LogP contribution in [-0.4, -0.2) is 16.3 Å². The van der Waals surface area contributed by atoms with Crippen molar-refractivity contribution in [2.75, 3.05) is 0 Å². The van der Waals surface area contributed by atoms with Crippen molar-refractivity contribution in [2.24, 2.45) is 0 Å². The maximum absolute atomic E-state index is 11.9. The van der Waals surface area contributed by atoms with E-state index in [1.54, 1.807) is 36.6 Å². The Hall–Kier alpha value is -1.88. The van der Waals surface area contributed by atoms with E-state index in [9.17, 15) is 9.90 Å². The molecular weight excluding hydrogens is 262 g/mol. The number of carbonyl (C=O) groups is 1. The molecule has 0 spiro atoms. The summed E-state index contributed by atoms with van der Waals surface area (Å²) < 4.78 is 5.15. The average molecular weight is 277 g/mol. The van der Waals surface area contributed by atoms with E-state index in [1.165, 1.54) is 11.8 Å². The summed E-state index contributed by atoms with van der Waals surface area (Å²) in [6, 6.07) is 10.4. The fraction of sp³-hybridized carbons (Fsp3) is 0.214. The minimum absolute atomic E-state index is 0.0468. The molecule has 19 heavy (non-hydrogen) atoms. The smallest absolute Gasteiger partial charge is 0.233 e. The normalized spacial score (nSPS) is 12.1. The molecule has 0 aliphatic carbocycles. The van der Waals surface area contributed by atoms with Crippen molar-refractivity contribution in [1.82, 2.24) is 5.32 Å². The zero-order chi connectivity index (χ0) is 13.7. The lowest BCUT2D eigenvalue weighted by molar-refractivity contribution is -0.120. The van der Waals surface area contributed by atoms with Gasteiger partial charge in [-0.15, -0.1) is 11.8 Å². The van der Waals surface area contributed by atoms with Crippen molar-refractivity contribution in [3.8, 4) is 5.75 Å². The molecule has 2 N–H and O–H groups in total. The van der Waals surface area contributed by atoms with Gasteiger partial charge in [-0.05, 0) is 43.3 Å². The number of hydrogen-bond donors (Lipinski definition) is 2. The van der Waals surface area contributed by atoms with Crippen molar-refractivity contribution < 1.29 is 14.3 Å². The molecule has 0 fully saturated rings. The second kappa shape index (κ2) is 6.33. The van der Waals surface area contributed by atoms with Crippen LogP contribution in [0.4, 0.5) is 0 Å². The molecule has 0 bridgehead atoms. The molecule has 1 amide bonds. The number of rotatable bonds is 5. The summed E-state index contributed by atoms with van der Waals surface area (Å²) >= 11 is 1.44. The largest absolute Gasteiger partial charge is 0.508 e. The lowest BCUT2D eigenvalue weighted by Gasteiger charge is -2.11. The Labute approximate surface area is 115 Å². The first-order chi connectivity index (χ1) is 9.15. The quantitative estimate of drug-likeness (QED) is 0.825. The predicted octanol–water partition coefficient (Wildman–Crippen LogP) is 2.78. The van der Waals surface area contributed by atoms with Crippen molar-refractivity contribution >= 4 is 17.7 Å². The fourth-order valence-corrected chi connectivity index (χ4v) is 2.41. The van der Waals surface area contributed by atoms with Gasteiger partial charge < -0.3 is 14.8 Å². The number of hydrogen-bond acceptors (Lipinski definition) is 4. The summed E-state index contributed by atoms with van der Waals surface area (Å²) in [7, 11) is 0. The number of nitrogens with one attached hydrogen (secondary N) is 1. The van der Waals surface area contributed by atoms with Gasteiger partial charge in [-0.1, -0.05) is 0 Å². The fourth-order valence-electron chi connectivity index (χ4n) is 1.51. The third-order valence-corrected chi connectivity index (χ3v) is 3.65. The van der Waals surface area contributed by atoms with Crippen LogP contribution in [0.25, 0.3) is 0 Å². The van der Waals surface area contributed by atoms with Crippen LogP contribution in [0.5, 0.6) is 5.75 Å². The van der Waals surface area contributed by atoms with Gasteiger partial charge in [0.05, 0.1) is 18.1 Å². The highest BCUT2D eigenvalue weighted by Gasteiger charge is 2.14. The number of benzene rings is 1. The zero-order valence-electron chi connectivity index (χ0n) is 10.5. The topological polar surface area (TPSA) is 62.5 Å². The molecule has 1 aromatic heterocycles. The Morgan fingerprint density at radius 3 is 2.74 bits per heavy atom. The van der Waals surface area contributed by atoms with Gasteiger partial charge in [-0.3, -0.25) is 4.79 Å². The summed E-state index contributed by atoms with van der Waals surface area (Å²) in [6.45, 7) is 2.24. The van der Waals surface area contributed by atoms with Crippen molar-refractivity contribution in [3.05, 3.63) is 48.4 Å². The zero-order valence-corrected chi connectivity index (χ0v) is 11.3. The minimum Gasteiger partial charge on any atom is -0.508 e. The Morgan fingerprint density at radius 1 is 1.37 bits per heavy atom. The summed E-state index contributed by atoms with van der Waals surface area (Å²) in [4.78, 5) is 12.8. The maximum Gasteiger partial charge on any atom is 0.233 e. The monoisotopic (exact) mass is 277 g/mol. The number of aromatic hydroxyl groups is 1. The van der Waals surface area contributed by atoms with Crippen molar-refractivity contribution in [2.45, 2.75) is 23.6 Å². The van der Waals surface area contributed by atoms with Crippen molar-refractivity contribution in [3.63, 3.8) is 0 Å². The highest BCUT2D eigenvalue weighted by Crippen LogP contribution is 2.25. The first-order valence-corrected chi connectivity index (χ1v) is 6.79. The van der Waals surface area contributed by atoms with Crippen LogP contribution >= 0.6 is 11.8 Å². The second-order valence-electron chi connectivity index (χ2n) is 4.05. The third-order valence-electron chi connectivity index (χ3n) is 2.54. The van der Waals surface area contributed by atoms with Crippen molar-refractivity contribution in [1.29, 1.82) is 0 Å². The van der Waals surface area contributed by atoms with Crippen LogP contribution in [0.3, 0.4) is 0 Å². The molecule has 0 aliphatic rings. The van der Waals surface area contributed by atoms with Crippen LogP contribution in [0.2, 0.25) is 0 Å². The Balaban J connectivity index is 1.83. The highest BCUT2D eigenvalue weighted by atomic mass is 32.2. The second-order valence-corrected chi connectivity index (χ2v) is 5.47. The van der Waals surface area contributed by atoms with E-state index < -0.39 is 0 Å². The molecule has 1 atom stereocenters. The summed E-state index contributed by atoms with van der Waals surface area (Å²) in [5, 5.41) is 11.8. The molecule has 5 heteroatoms. The van der Waals surface area contributed by atoms with E-state index in [-0.39, 0.29) is 16.9 Å². The molecule has 100 valence electrons. The van der Waals surface area contributed by atoms with E-state index in [1.807, 2.05) is 13.0 Å². The van der Waals surface area contributed by atoms with Crippen LogP contribution < -0.4 is 5.32 Å². The van der Waals surface area contributed by atoms with Gasteiger partial charge in [0.1, 0.15) is 11.5 Å². The van der Waals surface area contributed by atoms with Gasteiger partial charge in [0.15, 0.2) is 0 Å². The summed E-state index contributed by atoms with van der Waals surface area (Å²) in [5.41, 5.74) is 0. The van der Waals surface area contributed by atoms with Gasteiger partial charge in [-0.2, -0.15) is 0 Å². The number of furan rings is 1. The molecule has 0 saturated carbocycles.